The molecule has 0 saturated heterocycles. The van der Waals surface area contributed by atoms with Gasteiger partial charge in [-0.25, -0.2) is 8.42 Å². The van der Waals surface area contributed by atoms with Crippen molar-refractivity contribution in [1.82, 2.24) is 5.32 Å². The minimum absolute atomic E-state index is 0.00421. The number of aryl methyl sites for hydroxylation is 1. The molecule has 0 fully saturated rings. The standard InChI is InChI=1S/C13H20N2O4S/c1-10-4-5-11(14)12(8-10)20(17,18)9-13(16)15-6-3-7-19-2/h4-5,8H,3,6-7,9,14H2,1-2H3,(H,15,16). The van der Waals surface area contributed by atoms with Crippen LogP contribution in [0.15, 0.2) is 23.1 Å². The zero-order valence-electron chi connectivity index (χ0n) is 11.7. The van der Waals surface area contributed by atoms with Gasteiger partial charge < -0.3 is 15.8 Å². The van der Waals surface area contributed by atoms with E-state index in [2.05, 4.69) is 5.32 Å². The number of rotatable bonds is 7. The summed E-state index contributed by atoms with van der Waals surface area (Å²) in [6.07, 6.45) is 0.634. The predicted molar refractivity (Wildman–Crippen MR) is 77.1 cm³/mol. The summed E-state index contributed by atoms with van der Waals surface area (Å²) in [7, 11) is -2.16. The number of hydrogen-bond acceptors (Lipinski definition) is 5. The van der Waals surface area contributed by atoms with Gasteiger partial charge in [-0.3, -0.25) is 4.79 Å². The van der Waals surface area contributed by atoms with E-state index in [1.807, 2.05) is 0 Å². The van der Waals surface area contributed by atoms with Gasteiger partial charge >= 0.3 is 0 Å². The van der Waals surface area contributed by atoms with Gasteiger partial charge in [-0.1, -0.05) is 6.07 Å². The lowest BCUT2D eigenvalue weighted by atomic mass is 10.2. The lowest BCUT2D eigenvalue weighted by Gasteiger charge is -2.09. The Morgan fingerprint density at radius 2 is 2.10 bits per heavy atom. The van der Waals surface area contributed by atoms with Crippen LogP contribution in [0, 0.1) is 6.92 Å². The Hall–Kier alpha value is -1.60. The molecular weight excluding hydrogens is 280 g/mol. The van der Waals surface area contributed by atoms with Crippen molar-refractivity contribution in [2.75, 3.05) is 31.7 Å². The number of methoxy groups -OCH3 is 1. The van der Waals surface area contributed by atoms with E-state index in [1.165, 1.54) is 12.1 Å². The third-order valence-electron chi connectivity index (χ3n) is 2.67. The number of ether oxygens (including phenoxy) is 1. The van der Waals surface area contributed by atoms with Gasteiger partial charge in [0, 0.05) is 20.3 Å². The van der Waals surface area contributed by atoms with E-state index >= 15 is 0 Å². The summed E-state index contributed by atoms with van der Waals surface area (Å²) in [6.45, 7) is 2.66. The molecule has 0 saturated carbocycles. The maximum atomic E-state index is 12.1. The van der Waals surface area contributed by atoms with Crippen LogP contribution in [0.2, 0.25) is 0 Å². The van der Waals surface area contributed by atoms with Gasteiger partial charge in [0.05, 0.1) is 10.6 Å². The minimum Gasteiger partial charge on any atom is -0.398 e. The monoisotopic (exact) mass is 300 g/mol. The van der Waals surface area contributed by atoms with Gasteiger partial charge in [0.15, 0.2) is 9.84 Å². The van der Waals surface area contributed by atoms with Crippen molar-refractivity contribution in [1.29, 1.82) is 0 Å². The Morgan fingerprint density at radius 1 is 1.40 bits per heavy atom. The molecule has 0 radical (unpaired) electrons. The van der Waals surface area contributed by atoms with Crippen molar-refractivity contribution in [3.05, 3.63) is 23.8 Å². The molecule has 0 unspecified atom stereocenters. The fraction of sp³-hybridized carbons (Fsp3) is 0.462. The molecule has 0 aliphatic heterocycles. The third-order valence-corrected chi connectivity index (χ3v) is 4.34. The second kappa shape index (κ2) is 7.25. The first kappa shape index (κ1) is 16.5. The first-order valence-corrected chi connectivity index (χ1v) is 7.86. The van der Waals surface area contributed by atoms with E-state index in [4.69, 9.17) is 10.5 Å². The molecule has 0 atom stereocenters. The van der Waals surface area contributed by atoms with E-state index in [9.17, 15) is 13.2 Å². The van der Waals surface area contributed by atoms with Gasteiger partial charge in [-0.05, 0) is 31.0 Å². The highest BCUT2D eigenvalue weighted by molar-refractivity contribution is 7.92. The quantitative estimate of drug-likeness (QED) is 0.564. The summed E-state index contributed by atoms with van der Waals surface area (Å²) in [6, 6.07) is 4.72. The van der Waals surface area contributed by atoms with E-state index in [0.29, 0.717) is 19.6 Å². The predicted octanol–water partition coefficient (Wildman–Crippen LogP) is 0.504. The number of anilines is 1. The smallest absolute Gasteiger partial charge is 0.235 e. The average molecular weight is 300 g/mol. The lowest BCUT2D eigenvalue weighted by Crippen LogP contribution is -2.31. The summed E-state index contributed by atoms with van der Waals surface area (Å²) in [5.41, 5.74) is 6.60. The normalized spacial score (nSPS) is 11.3. The average Bonchev–Trinajstić information content (AvgIpc) is 2.37. The Balaban J connectivity index is 2.70. The molecule has 0 aromatic heterocycles. The topological polar surface area (TPSA) is 98.5 Å². The molecule has 0 aliphatic carbocycles. The van der Waals surface area contributed by atoms with Crippen LogP contribution in [-0.4, -0.2) is 40.3 Å². The molecule has 7 heteroatoms. The molecule has 20 heavy (non-hydrogen) atoms. The molecule has 1 aromatic carbocycles. The van der Waals surface area contributed by atoms with Crippen LogP contribution in [0.4, 0.5) is 5.69 Å². The van der Waals surface area contributed by atoms with Crippen molar-refractivity contribution in [2.45, 2.75) is 18.2 Å². The number of hydrogen-bond donors (Lipinski definition) is 2. The summed E-state index contributed by atoms with van der Waals surface area (Å²) in [4.78, 5) is 11.6. The molecular formula is C13H20N2O4S. The van der Waals surface area contributed by atoms with Gasteiger partial charge in [0.2, 0.25) is 5.91 Å². The van der Waals surface area contributed by atoms with Crippen molar-refractivity contribution < 1.29 is 17.9 Å². The molecule has 0 bridgehead atoms. The summed E-state index contributed by atoms with van der Waals surface area (Å²) < 4.78 is 29.1. The Labute approximate surface area is 119 Å². The van der Waals surface area contributed by atoms with E-state index in [1.54, 1.807) is 20.1 Å². The number of benzene rings is 1. The van der Waals surface area contributed by atoms with Crippen LogP contribution < -0.4 is 11.1 Å². The summed E-state index contributed by atoms with van der Waals surface area (Å²) >= 11 is 0. The molecule has 112 valence electrons. The van der Waals surface area contributed by atoms with Gasteiger partial charge in [0.25, 0.3) is 0 Å². The van der Waals surface area contributed by atoms with Crippen LogP contribution in [0.3, 0.4) is 0 Å². The number of nitrogen functional groups attached to an aromatic ring is 1. The fourth-order valence-corrected chi connectivity index (χ4v) is 3.05. The minimum atomic E-state index is -3.72. The highest BCUT2D eigenvalue weighted by Gasteiger charge is 2.21. The molecule has 1 aromatic rings. The first-order chi connectivity index (χ1) is 9.36. The van der Waals surface area contributed by atoms with E-state index in [0.717, 1.165) is 5.56 Å². The summed E-state index contributed by atoms with van der Waals surface area (Å²) in [5.74, 6) is -1.14. The van der Waals surface area contributed by atoms with Crippen LogP contribution in [0.5, 0.6) is 0 Å². The zero-order chi connectivity index (χ0) is 15.2. The third kappa shape index (κ3) is 4.82. The van der Waals surface area contributed by atoms with Crippen molar-refractivity contribution in [3.8, 4) is 0 Å². The van der Waals surface area contributed by atoms with Crippen LogP contribution in [0.1, 0.15) is 12.0 Å². The van der Waals surface area contributed by atoms with Gasteiger partial charge in [-0.2, -0.15) is 0 Å². The molecule has 1 rings (SSSR count). The van der Waals surface area contributed by atoms with Crippen molar-refractivity contribution in [3.63, 3.8) is 0 Å². The highest BCUT2D eigenvalue weighted by Crippen LogP contribution is 2.20. The van der Waals surface area contributed by atoms with Gasteiger partial charge in [0.1, 0.15) is 5.75 Å². The zero-order valence-corrected chi connectivity index (χ0v) is 12.5. The number of carbonyl (C=O) groups is 1. The molecule has 6 nitrogen and oxygen atoms in total. The molecule has 0 heterocycles. The highest BCUT2D eigenvalue weighted by atomic mass is 32.2. The number of nitrogens with two attached hydrogens (primary N) is 1. The lowest BCUT2D eigenvalue weighted by molar-refractivity contribution is -0.118. The Bertz CT molecular complexity index is 570. The maximum Gasteiger partial charge on any atom is 0.235 e. The number of amides is 1. The Morgan fingerprint density at radius 3 is 2.75 bits per heavy atom. The van der Waals surface area contributed by atoms with E-state index < -0.39 is 21.5 Å². The van der Waals surface area contributed by atoms with Crippen molar-refractivity contribution in [2.24, 2.45) is 0 Å². The number of sulfone groups is 1. The second-order valence-electron chi connectivity index (χ2n) is 4.50. The van der Waals surface area contributed by atoms with Crippen LogP contribution in [0.25, 0.3) is 0 Å². The largest absolute Gasteiger partial charge is 0.398 e. The molecule has 0 aliphatic rings. The SMILES string of the molecule is COCCCNC(=O)CS(=O)(=O)c1cc(C)ccc1N. The summed E-state index contributed by atoms with van der Waals surface area (Å²) in [5, 5.41) is 2.54. The molecule has 1 amide bonds. The first-order valence-electron chi connectivity index (χ1n) is 6.21. The fourth-order valence-electron chi connectivity index (χ4n) is 1.66. The van der Waals surface area contributed by atoms with E-state index in [-0.39, 0.29) is 10.6 Å². The number of carbonyl (C=O) groups excluding carboxylic acids is 1. The second-order valence-corrected chi connectivity index (χ2v) is 6.45. The van der Waals surface area contributed by atoms with Crippen molar-refractivity contribution >= 4 is 21.4 Å². The van der Waals surface area contributed by atoms with Crippen LogP contribution >= 0.6 is 0 Å². The molecule has 3 N–H and O–H groups in total. The molecule has 0 spiro atoms. The maximum absolute atomic E-state index is 12.1. The van der Waals surface area contributed by atoms with Gasteiger partial charge in [-0.15, -0.1) is 0 Å². The Kier molecular flexibility index (Phi) is 5.97. The number of nitrogens with one attached hydrogen (secondary N) is 1. The van der Waals surface area contributed by atoms with Crippen LogP contribution in [-0.2, 0) is 19.4 Å².